The van der Waals surface area contributed by atoms with Gasteiger partial charge in [0.15, 0.2) is 0 Å². The SMILES string of the molecule is Cc1noc(C)c1COc1cccc(C(=O)NC(=O)c2ccc3ccccc3n2)c1. The molecule has 2 heterocycles. The molecule has 0 spiro atoms. The van der Waals surface area contributed by atoms with E-state index in [-0.39, 0.29) is 12.3 Å². The number of ether oxygens (including phenoxy) is 1. The molecule has 0 unspecified atom stereocenters. The van der Waals surface area contributed by atoms with Gasteiger partial charge in [-0.25, -0.2) is 4.98 Å². The van der Waals surface area contributed by atoms with Gasteiger partial charge in [0, 0.05) is 10.9 Å². The molecule has 0 fully saturated rings. The molecule has 1 N–H and O–H groups in total. The minimum atomic E-state index is -0.562. The van der Waals surface area contributed by atoms with Gasteiger partial charge in [-0.1, -0.05) is 35.5 Å². The van der Waals surface area contributed by atoms with Gasteiger partial charge < -0.3 is 9.26 Å². The van der Waals surface area contributed by atoms with Gasteiger partial charge in [0.2, 0.25) is 0 Å². The summed E-state index contributed by atoms with van der Waals surface area (Å²) < 4.78 is 10.9. The number of para-hydroxylation sites is 1. The Balaban J connectivity index is 1.45. The number of nitrogens with zero attached hydrogens (tertiary/aromatic N) is 2. The van der Waals surface area contributed by atoms with Crippen molar-refractivity contribution in [3.8, 4) is 5.75 Å². The van der Waals surface area contributed by atoms with E-state index in [1.165, 1.54) is 0 Å². The molecule has 7 nitrogen and oxygen atoms in total. The van der Waals surface area contributed by atoms with Gasteiger partial charge in [-0.3, -0.25) is 14.9 Å². The average molecular weight is 401 g/mol. The minimum absolute atomic E-state index is 0.174. The van der Waals surface area contributed by atoms with Gasteiger partial charge in [-0.2, -0.15) is 0 Å². The molecule has 0 aliphatic rings. The predicted octanol–water partition coefficient (Wildman–Crippen LogP) is 3.99. The first-order valence-corrected chi connectivity index (χ1v) is 9.37. The molecular weight excluding hydrogens is 382 g/mol. The Hall–Kier alpha value is -4.00. The second kappa shape index (κ2) is 8.16. The zero-order valence-electron chi connectivity index (χ0n) is 16.5. The molecule has 4 rings (SSSR count). The first-order chi connectivity index (χ1) is 14.5. The number of rotatable bonds is 5. The molecule has 2 aromatic heterocycles. The van der Waals surface area contributed by atoms with Crippen LogP contribution in [0.5, 0.6) is 5.75 Å². The lowest BCUT2D eigenvalue weighted by atomic mass is 10.2. The number of carbonyl (C=O) groups excluding carboxylic acids is 2. The van der Waals surface area contributed by atoms with Crippen molar-refractivity contribution in [1.82, 2.24) is 15.5 Å². The van der Waals surface area contributed by atoms with Gasteiger partial charge in [0.05, 0.1) is 16.8 Å². The lowest BCUT2D eigenvalue weighted by Gasteiger charge is -2.08. The maximum absolute atomic E-state index is 12.5. The third-order valence-electron chi connectivity index (χ3n) is 4.72. The molecule has 7 heteroatoms. The number of hydrogen-bond acceptors (Lipinski definition) is 6. The highest BCUT2D eigenvalue weighted by atomic mass is 16.5. The summed E-state index contributed by atoms with van der Waals surface area (Å²) in [4.78, 5) is 29.3. The number of nitrogens with one attached hydrogen (secondary N) is 1. The molecular formula is C23H19N3O4. The minimum Gasteiger partial charge on any atom is -0.489 e. The van der Waals surface area contributed by atoms with Crippen LogP contribution in [0.1, 0.15) is 37.9 Å². The smallest absolute Gasteiger partial charge is 0.276 e. The standard InChI is InChI=1S/C23H19N3O4/c1-14-19(15(2)30-26-14)13-29-18-8-5-7-17(12-18)22(27)25-23(28)21-11-10-16-6-3-4-9-20(16)24-21/h3-12H,13H2,1-2H3,(H,25,27,28). The Labute approximate surface area is 172 Å². The molecule has 0 aliphatic heterocycles. The van der Waals surface area contributed by atoms with Crippen molar-refractivity contribution >= 4 is 22.7 Å². The van der Waals surface area contributed by atoms with Crippen LogP contribution in [0.2, 0.25) is 0 Å². The van der Waals surface area contributed by atoms with Crippen LogP contribution >= 0.6 is 0 Å². The summed E-state index contributed by atoms with van der Waals surface area (Å²) in [7, 11) is 0. The molecule has 2 aromatic carbocycles. The fraction of sp³-hybridized carbons (Fsp3) is 0.130. The Morgan fingerprint density at radius 1 is 1.00 bits per heavy atom. The Morgan fingerprint density at radius 2 is 1.83 bits per heavy atom. The van der Waals surface area contributed by atoms with Crippen molar-refractivity contribution < 1.29 is 18.8 Å². The van der Waals surface area contributed by atoms with E-state index in [1.807, 2.05) is 38.1 Å². The van der Waals surface area contributed by atoms with Crippen molar-refractivity contribution in [2.45, 2.75) is 20.5 Å². The van der Waals surface area contributed by atoms with Gasteiger partial charge in [-0.15, -0.1) is 0 Å². The topological polar surface area (TPSA) is 94.3 Å². The number of carbonyl (C=O) groups is 2. The average Bonchev–Trinajstić information content (AvgIpc) is 3.09. The molecule has 0 aliphatic carbocycles. The summed E-state index contributed by atoms with van der Waals surface area (Å²) >= 11 is 0. The number of aryl methyl sites for hydroxylation is 2. The maximum Gasteiger partial charge on any atom is 0.276 e. The first kappa shape index (κ1) is 19.3. The number of aromatic nitrogens is 2. The summed E-state index contributed by atoms with van der Waals surface area (Å²) in [6.45, 7) is 3.92. The molecule has 0 radical (unpaired) electrons. The summed E-state index contributed by atoms with van der Waals surface area (Å²) in [5.41, 5.74) is 2.79. The van der Waals surface area contributed by atoms with E-state index in [0.29, 0.717) is 22.6 Å². The van der Waals surface area contributed by atoms with E-state index >= 15 is 0 Å². The number of fused-ring (bicyclic) bond motifs is 1. The predicted molar refractivity (Wildman–Crippen MR) is 110 cm³/mol. The van der Waals surface area contributed by atoms with Gasteiger partial charge in [0.25, 0.3) is 11.8 Å². The zero-order chi connectivity index (χ0) is 21.1. The van der Waals surface area contributed by atoms with Crippen LogP contribution < -0.4 is 10.1 Å². The lowest BCUT2D eigenvalue weighted by molar-refractivity contribution is 0.0846. The van der Waals surface area contributed by atoms with Crippen LogP contribution in [0.15, 0.2) is 65.2 Å². The Kier molecular flexibility index (Phi) is 5.26. The van der Waals surface area contributed by atoms with E-state index < -0.39 is 11.8 Å². The summed E-state index contributed by atoms with van der Waals surface area (Å²) in [6.07, 6.45) is 0. The molecule has 0 atom stereocenters. The van der Waals surface area contributed by atoms with Crippen LogP contribution in [-0.2, 0) is 6.61 Å². The van der Waals surface area contributed by atoms with Gasteiger partial charge in [0.1, 0.15) is 23.8 Å². The lowest BCUT2D eigenvalue weighted by Crippen LogP contribution is -2.31. The highest BCUT2D eigenvalue weighted by molar-refractivity contribution is 6.10. The summed E-state index contributed by atoms with van der Waals surface area (Å²) in [5.74, 6) is 0.0966. The van der Waals surface area contributed by atoms with E-state index in [9.17, 15) is 9.59 Å². The summed E-state index contributed by atoms with van der Waals surface area (Å²) in [5, 5.41) is 7.18. The normalized spacial score (nSPS) is 10.7. The highest BCUT2D eigenvalue weighted by Crippen LogP contribution is 2.19. The monoisotopic (exact) mass is 401 g/mol. The molecule has 30 heavy (non-hydrogen) atoms. The highest BCUT2D eigenvalue weighted by Gasteiger charge is 2.15. The largest absolute Gasteiger partial charge is 0.489 e. The van der Waals surface area contributed by atoms with Gasteiger partial charge in [-0.05, 0) is 44.2 Å². The van der Waals surface area contributed by atoms with Crippen LogP contribution in [0.3, 0.4) is 0 Å². The number of amides is 2. The summed E-state index contributed by atoms with van der Waals surface area (Å²) in [6, 6.07) is 17.5. The third kappa shape index (κ3) is 4.05. The van der Waals surface area contributed by atoms with Gasteiger partial charge >= 0.3 is 0 Å². The van der Waals surface area contributed by atoms with Crippen LogP contribution in [0.25, 0.3) is 10.9 Å². The van der Waals surface area contributed by atoms with Crippen molar-refractivity contribution in [3.05, 3.63) is 88.9 Å². The van der Waals surface area contributed by atoms with Crippen LogP contribution in [0.4, 0.5) is 0 Å². The van der Waals surface area contributed by atoms with Crippen molar-refractivity contribution in [1.29, 1.82) is 0 Å². The molecule has 0 bridgehead atoms. The fourth-order valence-corrected chi connectivity index (χ4v) is 3.02. The molecule has 150 valence electrons. The van der Waals surface area contributed by atoms with E-state index in [1.54, 1.807) is 36.4 Å². The van der Waals surface area contributed by atoms with E-state index in [0.717, 1.165) is 16.6 Å². The number of hydrogen-bond donors (Lipinski definition) is 1. The van der Waals surface area contributed by atoms with Crippen molar-refractivity contribution in [3.63, 3.8) is 0 Å². The molecule has 4 aromatic rings. The number of imide groups is 1. The van der Waals surface area contributed by atoms with Crippen molar-refractivity contribution in [2.75, 3.05) is 0 Å². The number of benzene rings is 2. The van der Waals surface area contributed by atoms with Crippen molar-refractivity contribution in [2.24, 2.45) is 0 Å². The van der Waals surface area contributed by atoms with E-state index in [4.69, 9.17) is 9.26 Å². The Morgan fingerprint density at radius 3 is 2.63 bits per heavy atom. The second-order valence-electron chi connectivity index (χ2n) is 6.79. The molecule has 2 amide bonds. The quantitative estimate of drug-likeness (QED) is 0.508. The number of pyridine rings is 1. The van der Waals surface area contributed by atoms with Crippen LogP contribution in [0, 0.1) is 13.8 Å². The first-order valence-electron chi connectivity index (χ1n) is 9.37. The molecule has 0 saturated heterocycles. The van der Waals surface area contributed by atoms with E-state index in [2.05, 4.69) is 15.5 Å². The third-order valence-corrected chi connectivity index (χ3v) is 4.72. The zero-order valence-corrected chi connectivity index (χ0v) is 16.5. The van der Waals surface area contributed by atoms with Crippen LogP contribution in [-0.4, -0.2) is 22.0 Å². The fourth-order valence-electron chi connectivity index (χ4n) is 3.02. The maximum atomic E-state index is 12.5. The molecule has 0 saturated carbocycles. The Bertz CT molecular complexity index is 1230. The second-order valence-corrected chi connectivity index (χ2v) is 6.79.